The van der Waals surface area contributed by atoms with Gasteiger partial charge in [-0.15, -0.1) is 0 Å². The lowest BCUT2D eigenvalue weighted by Crippen LogP contribution is -2.12. The van der Waals surface area contributed by atoms with E-state index in [1.165, 1.54) is 0 Å². The zero-order valence-electron chi connectivity index (χ0n) is 12.5. The molecule has 0 unspecified atom stereocenters. The van der Waals surface area contributed by atoms with Crippen LogP contribution in [0.5, 0.6) is 11.5 Å². The maximum absolute atomic E-state index is 9.36. The number of hydrogen-bond donors (Lipinski definition) is 1. The number of pyridine rings is 1. The zero-order chi connectivity index (χ0) is 14.8. The van der Waals surface area contributed by atoms with Gasteiger partial charge in [-0.25, -0.2) is 0 Å². The number of aliphatic hydroxyl groups excluding tert-OH is 1. The smallest absolute Gasteiger partial charge is 0.136 e. The van der Waals surface area contributed by atoms with Crippen LogP contribution in [0.1, 0.15) is 37.5 Å². The fourth-order valence-electron chi connectivity index (χ4n) is 2.08. The van der Waals surface area contributed by atoms with Crippen LogP contribution in [0.2, 0.25) is 0 Å². The summed E-state index contributed by atoms with van der Waals surface area (Å²) in [7, 11) is 0. The van der Waals surface area contributed by atoms with E-state index in [1.54, 1.807) is 18.5 Å². The van der Waals surface area contributed by atoms with Gasteiger partial charge in [0.05, 0.1) is 6.61 Å². The van der Waals surface area contributed by atoms with E-state index in [0.717, 1.165) is 16.9 Å². The fourth-order valence-corrected chi connectivity index (χ4v) is 2.08. The molecule has 1 aromatic heterocycles. The standard InChI is InChI=1S/C17H21NO2/c1-12-5-6-14(17(2,3)4)16(9-12)20-15-7-8-18-10-13(15)11-19/h5-10,19H,11H2,1-4H3. The van der Waals surface area contributed by atoms with Crippen LogP contribution in [-0.2, 0) is 12.0 Å². The molecule has 0 saturated heterocycles. The Kier molecular flexibility index (Phi) is 4.09. The number of aliphatic hydroxyl groups is 1. The number of ether oxygens (including phenoxy) is 1. The lowest BCUT2D eigenvalue weighted by atomic mass is 9.86. The van der Waals surface area contributed by atoms with Gasteiger partial charge in [0, 0.05) is 23.5 Å². The summed E-state index contributed by atoms with van der Waals surface area (Å²) in [6.07, 6.45) is 3.29. The molecule has 2 aromatic rings. The summed E-state index contributed by atoms with van der Waals surface area (Å²) in [6.45, 7) is 8.43. The Morgan fingerprint density at radius 2 is 1.90 bits per heavy atom. The second-order valence-corrected chi connectivity index (χ2v) is 5.99. The van der Waals surface area contributed by atoms with Crippen molar-refractivity contribution in [2.24, 2.45) is 0 Å². The normalized spacial score (nSPS) is 11.4. The van der Waals surface area contributed by atoms with Crippen LogP contribution >= 0.6 is 0 Å². The Balaban J connectivity index is 2.45. The molecule has 0 spiro atoms. The SMILES string of the molecule is Cc1ccc(C(C)(C)C)c(Oc2ccncc2CO)c1. The summed E-state index contributed by atoms with van der Waals surface area (Å²) in [5, 5.41) is 9.36. The summed E-state index contributed by atoms with van der Waals surface area (Å²) < 4.78 is 6.04. The lowest BCUT2D eigenvalue weighted by molar-refractivity contribution is 0.275. The second kappa shape index (κ2) is 5.63. The number of nitrogens with zero attached hydrogens (tertiary/aromatic N) is 1. The quantitative estimate of drug-likeness (QED) is 0.918. The van der Waals surface area contributed by atoms with Crippen molar-refractivity contribution >= 4 is 0 Å². The highest BCUT2D eigenvalue weighted by Gasteiger charge is 2.20. The molecule has 1 N–H and O–H groups in total. The van der Waals surface area contributed by atoms with Gasteiger partial charge >= 0.3 is 0 Å². The first kappa shape index (κ1) is 14.5. The van der Waals surface area contributed by atoms with Crippen LogP contribution in [-0.4, -0.2) is 10.1 Å². The first-order chi connectivity index (χ1) is 9.41. The highest BCUT2D eigenvalue weighted by molar-refractivity contribution is 5.45. The minimum Gasteiger partial charge on any atom is -0.457 e. The summed E-state index contributed by atoms with van der Waals surface area (Å²) in [4.78, 5) is 4.01. The van der Waals surface area contributed by atoms with E-state index in [1.807, 2.05) is 13.0 Å². The number of rotatable bonds is 3. The third-order valence-electron chi connectivity index (χ3n) is 3.19. The maximum atomic E-state index is 9.36. The Hall–Kier alpha value is -1.87. The average Bonchev–Trinajstić information content (AvgIpc) is 2.38. The van der Waals surface area contributed by atoms with Gasteiger partial charge in [-0.3, -0.25) is 4.98 Å². The Morgan fingerprint density at radius 1 is 1.15 bits per heavy atom. The van der Waals surface area contributed by atoms with E-state index in [2.05, 4.69) is 37.9 Å². The van der Waals surface area contributed by atoms with Gasteiger partial charge in [0.2, 0.25) is 0 Å². The first-order valence-corrected chi connectivity index (χ1v) is 6.74. The van der Waals surface area contributed by atoms with Crippen molar-refractivity contribution in [1.29, 1.82) is 0 Å². The Bertz CT molecular complexity index is 600. The molecular weight excluding hydrogens is 250 g/mol. The molecule has 3 heteroatoms. The van der Waals surface area contributed by atoms with E-state index in [9.17, 15) is 5.11 Å². The van der Waals surface area contributed by atoms with Crippen molar-refractivity contribution < 1.29 is 9.84 Å². The van der Waals surface area contributed by atoms with Gasteiger partial charge in [0.25, 0.3) is 0 Å². The highest BCUT2D eigenvalue weighted by Crippen LogP contribution is 2.35. The third kappa shape index (κ3) is 3.17. The van der Waals surface area contributed by atoms with Crippen LogP contribution in [0.15, 0.2) is 36.7 Å². The van der Waals surface area contributed by atoms with E-state index < -0.39 is 0 Å². The van der Waals surface area contributed by atoms with Crippen LogP contribution in [0, 0.1) is 6.92 Å². The maximum Gasteiger partial charge on any atom is 0.136 e. The molecule has 2 rings (SSSR count). The molecule has 3 nitrogen and oxygen atoms in total. The van der Waals surface area contributed by atoms with Gasteiger partial charge < -0.3 is 9.84 Å². The van der Waals surface area contributed by atoms with E-state index >= 15 is 0 Å². The topological polar surface area (TPSA) is 42.4 Å². The van der Waals surface area contributed by atoms with Crippen molar-refractivity contribution in [3.63, 3.8) is 0 Å². The Morgan fingerprint density at radius 3 is 2.55 bits per heavy atom. The molecule has 0 amide bonds. The summed E-state index contributed by atoms with van der Waals surface area (Å²) in [6, 6.07) is 8.00. The number of benzene rings is 1. The number of aryl methyl sites for hydroxylation is 1. The van der Waals surface area contributed by atoms with Crippen molar-refractivity contribution in [2.75, 3.05) is 0 Å². The van der Waals surface area contributed by atoms with Gasteiger partial charge in [-0.1, -0.05) is 32.9 Å². The monoisotopic (exact) mass is 271 g/mol. The molecular formula is C17H21NO2. The molecule has 0 fully saturated rings. The second-order valence-electron chi connectivity index (χ2n) is 5.99. The van der Waals surface area contributed by atoms with Gasteiger partial charge in [0.1, 0.15) is 11.5 Å². The van der Waals surface area contributed by atoms with E-state index in [0.29, 0.717) is 11.3 Å². The molecule has 0 aliphatic heterocycles. The molecule has 106 valence electrons. The van der Waals surface area contributed by atoms with E-state index in [4.69, 9.17) is 4.74 Å². The summed E-state index contributed by atoms with van der Waals surface area (Å²) in [5.74, 6) is 1.48. The van der Waals surface area contributed by atoms with Crippen molar-refractivity contribution in [3.05, 3.63) is 53.3 Å². The van der Waals surface area contributed by atoms with E-state index in [-0.39, 0.29) is 12.0 Å². The van der Waals surface area contributed by atoms with Gasteiger partial charge in [-0.05, 0) is 30.0 Å². The average molecular weight is 271 g/mol. The predicted molar refractivity (Wildman–Crippen MR) is 80.1 cm³/mol. The zero-order valence-corrected chi connectivity index (χ0v) is 12.5. The molecule has 0 aliphatic rings. The fraction of sp³-hybridized carbons (Fsp3) is 0.353. The molecule has 0 bridgehead atoms. The summed E-state index contributed by atoms with van der Waals surface area (Å²) >= 11 is 0. The molecule has 0 radical (unpaired) electrons. The van der Waals surface area contributed by atoms with Crippen molar-refractivity contribution in [3.8, 4) is 11.5 Å². The first-order valence-electron chi connectivity index (χ1n) is 6.74. The lowest BCUT2D eigenvalue weighted by Gasteiger charge is -2.23. The van der Waals surface area contributed by atoms with Crippen LogP contribution in [0.3, 0.4) is 0 Å². The molecule has 0 atom stereocenters. The minimum absolute atomic E-state index is 0.00452. The largest absolute Gasteiger partial charge is 0.457 e. The molecule has 0 aliphatic carbocycles. The predicted octanol–water partition coefficient (Wildman–Crippen LogP) is 3.97. The van der Waals surface area contributed by atoms with Crippen LogP contribution in [0.25, 0.3) is 0 Å². The third-order valence-corrected chi connectivity index (χ3v) is 3.19. The molecule has 20 heavy (non-hydrogen) atoms. The molecule has 1 aromatic carbocycles. The van der Waals surface area contributed by atoms with Crippen molar-refractivity contribution in [1.82, 2.24) is 4.98 Å². The highest BCUT2D eigenvalue weighted by atomic mass is 16.5. The van der Waals surface area contributed by atoms with Gasteiger partial charge in [0.15, 0.2) is 0 Å². The number of hydrogen-bond acceptors (Lipinski definition) is 3. The summed E-state index contributed by atoms with van der Waals surface area (Å²) in [5.41, 5.74) is 2.97. The number of aromatic nitrogens is 1. The Labute approximate surface area is 120 Å². The van der Waals surface area contributed by atoms with Crippen LogP contribution in [0.4, 0.5) is 0 Å². The minimum atomic E-state index is -0.0835. The van der Waals surface area contributed by atoms with Crippen LogP contribution < -0.4 is 4.74 Å². The molecule has 1 heterocycles. The van der Waals surface area contributed by atoms with Gasteiger partial charge in [-0.2, -0.15) is 0 Å². The van der Waals surface area contributed by atoms with Crippen molar-refractivity contribution in [2.45, 2.75) is 39.7 Å². The molecule has 0 saturated carbocycles.